The van der Waals surface area contributed by atoms with Gasteiger partial charge in [0.05, 0.1) is 12.2 Å². The molecule has 0 atom stereocenters. The van der Waals surface area contributed by atoms with Crippen molar-refractivity contribution in [3.05, 3.63) is 59.9 Å². The third-order valence-electron chi connectivity index (χ3n) is 4.73. The van der Waals surface area contributed by atoms with Crippen molar-refractivity contribution < 1.29 is 0 Å². The summed E-state index contributed by atoms with van der Waals surface area (Å²) in [4.78, 5) is 9.38. The lowest BCUT2D eigenvalue weighted by atomic mass is 10.0. The van der Waals surface area contributed by atoms with Gasteiger partial charge in [0.1, 0.15) is 5.82 Å². The van der Waals surface area contributed by atoms with Crippen LogP contribution < -0.4 is 0 Å². The van der Waals surface area contributed by atoms with Crippen LogP contribution in [-0.2, 0) is 13.0 Å². The molecule has 0 aliphatic rings. The maximum Gasteiger partial charge on any atom is 0.180 e. The van der Waals surface area contributed by atoms with E-state index in [0.717, 1.165) is 46.9 Å². The molecule has 4 rings (SSSR count). The van der Waals surface area contributed by atoms with Crippen molar-refractivity contribution in [2.24, 2.45) is 0 Å². The maximum atomic E-state index is 4.70. The molecule has 1 N–H and O–H groups in total. The Morgan fingerprint density at radius 1 is 1.07 bits per heavy atom. The van der Waals surface area contributed by atoms with Gasteiger partial charge in [0.25, 0.3) is 0 Å². The fourth-order valence-electron chi connectivity index (χ4n) is 3.22. The van der Waals surface area contributed by atoms with Crippen molar-refractivity contribution in [1.82, 2.24) is 40.4 Å². The van der Waals surface area contributed by atoms with E-state index in [4.69, 9.17) is 10.1 Å². The minimum atomic E-state index is 0.310. The molecular formula is C21H24N8. The minimum Gasteiger partial charge on any atom is -0.259 e. The maximum absolute atomic E-state index is 4.70. The molecule has 3 heterocycles. The molecule has 0 spiro atoms. The zero-order valence-electron chi connectivity index (χ0n) is 16.9. The first-order valence-electron chi connectivity index (χ1n) is 9.87. The second kappa shape index (κ2) is 8.30. The third kappa shape index (κ3) is 4.06. The summed E-state index contributed by atoms with van der Waals surface area (Å²) in [6.07, 6.45) is 3.84. The number of H-pyrrole nitrogens is 1. The highest BCUT2D eigenvalue weighted by Crippen LogP contribution is 2.29. The van der Waals surface area contributed by atoms with Crippen LogP contribution in [0.2, 0.25) is 0 Å². The Morgan fingerprint density at radius 2 is 1.90 bits per heavy atom. The highest BCUT2D eigenvalue weighted by molar-refractivity contribution is 5.79. The first-order valence-corrected chi connectivity index (χ1v) is 9.87. The molecule has 0 saturated heterocycles. The second-order valence-electron chi connectivity index (χ2n) is 7.28. The molecule has 29 heavy (non-hydrogen) atoms. The van der Waals surface area contributed by atoms with Gasteiger partial charge in [-0.25, -0.2) is 14.8 Å². The molecule has 0 fully saturated rings. The monoisotopic (exact) mass is 388 g/mol. The Balaban J connectivity index is 1.60. The van der Waals surface area contributed by atoms with Gasteiger partial charge < -0.3 is 0 Å². The first kappa shape index (κ1) is 18.9. The van der Waals surface area contributed by atoms with E-state index in [2.05, 4.69) is 52.4 Å². The number of hydrogen-bond acceptors (Lipinski definition) is 6. The first-order chi connectivity index (χ1) is 14.2. The lowest BCUT2D eigenvalue weighted by molar-refractivity contribution is 0.610. The van der Waals surface area contributed by atoms with Crippen LogP contribution in [0.15, 0.2) is 42.6 Å². The standard InChI is InChI=1S/C21H24N8/c1-4-7-19-23-20(14(2)3)26-29(19)13-16-11-10-15(12-22-16)17-8-5-6-9-18(17)21-24-27-28-25-21/h5-6,8-12,14H,4,7,13H2,1-3H3,(H,24,25,27,28). The highest BCUT2D eigenvalue weighted by Gasteiger charge is 2.14. The van der Waals surface area contributed by atoms with Gasteiger partial charge in [0, 0.05) is 29.7 Å². The van der Waals surface area contributed by atoms with Crippen molar-refractivity contribution in [2.75, 3.05) is 0 Å². The Kier molecular flexibility index (Phi) is 5.41. The number of pyridine rings is 1. The number of aryl methyl sites for hydroxylation is 1. The SMILES string of the molecule is CCCc1nc(C(C)C)nn1Cc1ccc(-c2ccccc2-c2nnn[nH]2)cn1. The van der Waals surface area contributed by atoms with Crippen molar-refractivity contribution >= 4 is 0 Å². The Bertz CT molecular complexity index is 1060. The van der Waals surface area contributed by atoms with Crippen LogP contribution in [0, 0.1) is 0 Å². The number of nitrogens with one attached hydrogen (secondary N) is 1. The number of rotatable bonds is 7. The molecule has 0 saturated carbocycles. The average Bonchev–Trinajstić information content (AvgIpc) is 3.40. The predicted octanol–water partition coefficient (Wildman–Crippen LogP) is 3.64. The van der Waals surface area contributed by atoms with Gasteiger partial charge in [-0.3, -0.25) is 4.98 Å². The van der Waals surface area contributed by atoms with Crippen LogP contribution in [-0.4, -0.2) is 40.4 Å². The van der Waals surface area contributed by atoms with E-state index in [1.807, 2.05) is 41.2 Å². The zero-order chi connectivity index (χ0) is 20.2. The Morgan fingerprint density at radius 3 is 2.55 bits per heavy atom. The number of hydrogen-bond donors (Lipinski definition) is 1. The summed E-state index contributed by atoms with van der Waals surface area (Å²) in [5.74, 6) is 2.85. The molecule has 0 aliphatic heterocycles. The number of aromatic nitrogens is 8. The predicted molar refractivity (Wildman–Crippen MR) is 110 cm³/mol. The van der Waals surface area contributed by atoms with Gasteiger partial charge in [0.15, 0.2) is 11.6 Å². The normalized spacial score (nSPS) is 11.3. The minimum absolute atomic E-state index is 0.310. The molecule has 0 aliphatic carbocycles. The summed E-state index contributed by atoms with van der Waals surface area (Å²) < 4.78 is 1.98. The number of tetrazole rings is 1. The van der Waals surface area contributed by atoms with Crippen LogP contribution >= 0.6 is 0 Å². The number of nitrogens with zero attached hydrogens (tertiary/aromatic N) is 7. The Labute approximate surface area is 169 Å². The second-order valence-corrected chi connectivity index (χ2v) is 7.28. The van der Waals surface area contributed by atoms with Gasteiger partial charge in [-0.05, 0) is 28.5 Å². The Hall–Kier alpha value is -3.42. The van der Waals surface area contributed by atoms with Crippen molar-refractivity contribution in [1.29, 1.82) is 0 Å². The summed E-state index contributed by atoms with van der Waals surface area (Å²) in [7, 11) is 0. The van der Waals surface area contributed by atoms with E-state index < -0.39 is 0 Å². The third-order valence-corrected chi connectivity index (χ3v) is 4.73. The summed E-state index contributed by atoms with van der Waals surface area (Å²) in [5.41, 5.74) is 3.93. The topological polar surface area (TPSA) is 98.1 Å². The quantitative estimate of drug-likeness (QED) is 0.519. The molecule has 4 aromatic rings. The highest BCUT2D eigenvalue weighted by atomic mass is 15.5. The van der Waals surface area contributed by atoms with E-state index in [-0.39, 0.29) is 0 Å². The molecular weight excluding hydrogens is 364 g/mol. The van der Waals surface area contributed by atoms with E-state index in [1.54, 1.807) is 0 Å². The molecule has 1 aromatic carbocycles. The molecule has 0 amide bonds. The summed E-state index contributed by atoms with van der Waals surface area (Å²) >= 11 is 0. The van der Waals surface area contributed by atoms with Crippen LogP contribution in [0.1, 0.15) is 50.5 Å². The number of aromatic amines is 1. The van der Waals surface area contributed by atoms with Crippen LogP contribution in [0.3, 0.4) is 0 Å². The fourth-order valence-corrected chi connectivity index (χ4v) is 3.22. The molecule has 3 aromatic heterocycles. The van der Waals surface area contributed by atoms with Crippen LogP contribution in [0.25, 0.3) is 22.5 Å². The van der Waals surface area contributed by atoms with Crippen molar-refractivity contribution in [2.45, 2.75) is 46.1 Å². The largest absolute Gasteiger partial charge is 0.259 e. The summed E-state index contributed by atoms with van der Waals surface area (Å²) in [6.45, 7) is 7.00. The van der Waals surface area contributed by atoms with Gasteiger partial charge >= 0.3 is 0 Å². The van der Waals surface area contributed by atoms with Crippen LogP contribution in [0.5, 0.6) is 0 Å². The molecule has 8 heteroatoms. The lowest BCUT2D eigenvalue weighted by Gasteiger charge is -2.09. The molecule has 0 bridgehead atoms. The average molecular weight is 388 g/mol. The van der Waals surface area contributed by atoms with E-state index in [1.165, 1.54) is 0 Å². The molecule has 8 nitrogen and oxygen atoms in total. The van der Waals surface area contributed by atoms with Gasteiger partial charge in [-0.15, -0.1) is 5.10 Å². The van der Waals surface area contributed by atoms with Gasteiger partial charge in [-0.1, -0.05) is 51.1 Å². The fraction of sp³-hybridized carbons (Fsp3) is 0.333. The molecule has 148 valence electrons. The number of benzene rings is 1. The van der Waals surface area contributed by atoms with E-state index in [0.29, 0.717) is 18.3 Å². The van der Waals surface area contributed by atoms with Crippen molar-refractivity contribution in [3.63, 3.8) is 0 Å². The molecule has 0 unspecified atom stereocenters. The lowest BCUT2D eigenvalue weighted by Crippen LogP contribution is -2.08. The zero-order valence-corrected chi connectivity index (χ0v) is 16.9. The van der Waals surface area contributed by atoms with Crippen LogP contribution in [0.4, 0.5) is 0 Å². The van der Waals surface area contributed by atoms with Gasteiger partial charge in [0.2, 0.25) is 0 Å². The van der Waals surface area contributed by atoms with E-state index in [9.17, 15) is 0 Å². The van der Waals surface area contributed by atoms with Gasteiger partial charge in [-0.2, -0.15) is 5.10 Å². The summed E-state index contributed by atoms with van der Waals surface area (Å²) in [5, 5.41) is 18.9. The van der Waals surface area contributed by atoms with Crippen molar-refractivity contribution in [3.8, 4) is 22.5 Å². The molecule has 0 radical (unpaired) electrons. The smallest absolute Gasteiger partial charge is 0.180 e. The summed E-state index contributed by atoms with van der Waals surface area (Å²) in [6, 6.07) is 12.1. The van der Waals surface area contributed by atoms with E-state index >= 15 is 0 Å².